The van der Waals surface area contributed by atoms with E-state index in [1.807, 2.05) is 45.9 Å². The minimum Gasteiger partial charge on any atom is -0.465 e. The number of nitrogens with one attached hydrogen (secondary N) is 2. The SMILES string of the molecule is CO[C@@H]1/C=C/C=C(\C)Cc2cc(C)c(Cl)c(c2)N(C)C(=O)C[C@H](OC(=O)[C@H](C)N(C)C(=O)c2ccc(CC(=O)[C@H](CCCNC(N)=O)NC(=O)[C@@H](CC(=O)CCCCCOC(=O)C(CBr)CBr)C(C)C)cc2)[C@]2(C)O[C@H]2[C@H](C)[C@@H]2C[C@@]1(O)CC(=O)O2. The molecule has 2 aromatic carbocycles. The molecule has 2 saturated heterocycles. The number of methoxy groups -OCH3 is 1. The van der Waals surface area contributed by atoms with Gasteiger partial charge in [-0.3, -0.25) is 33.6 Å². The van der Waals surface area contributed by atoms with E-state index in [0.29, 0.717) is 59.0 Å². The van der Waals surface area contributed by atoms with Crippen LogP contribution in [0, 0.1) is 30.6 Å². The fourth-order valence-electron chi connectivity index (χ4n) is 10.9. The number of aryl methyl sites for hydroxylation is 1. The fraction of sp³-hybridized carbons (Fsp3) is 0.603. The van der Waals surface area contributed by atoms with Crippen LogP contribution >= 0.6 is 43.5 Å². The number of alkyl halides is 2. The lowest BCUT2D eigenvalue weighted by Gasteiger charge is -2.41. The first-order valence-electron chi connectivity index (χ1n) is 29.3. The van der Waals surface area contributed by atoms with E-state index < -0.39 is 95.2 Å². The normalized spacial score (nSPS) is 24.4. The molecular weight excluding hydrogens is 1260 g/mol. The number of epoxide rings is 1. The molecule has 20 nitrogen and oxygen atoms in total. The molecule has 3 aliphatic rings. The topological polar surface area (TPSA) is 280 Å². The number of Topliss-reactive ketones (excluding diaryl/α,β-unsaturated/α-hetero) is 2. The first-order valence-corrected chi connectivity index (χ1v) is 31.9. The number of hydrogen-bond acceptors (Lipinski definition) is 15. The molecule has 3 heterocycles. The van der Waals surface area contributed by atoms with E-state index >= 15 is 0 Å². The van der Waals surface area contributed by atoms with Crippen molar-refractivity contribution in [2.24, 2.45) is 29.4 Å². The number of aliphatic hydroxyl groups is 1. The first kappa shape index (κ1) is 71.2. The van der Waals surface area contributed by atoms with Crippen molar-refractivity contribution in [1.82, 2.24) is 15.5 Å². The number of primary amides is 1. The number of fused-ring (bicyclic) bond motifs is 5. The Labute approximate surface area is 527 Å². The number of likely N-dealkylation sites (N-methyl/N-ethyl adjacent to an activating group) is 1. The second kappa shape index (κ2) is 32.6. The summed E-state index contributed by atoms with van der Waals surface area (Å²) in [6, 6.07) is 7.03. The summed E-state index contributed by atoms with van der Waals surface area (Å²) in [5.74, 6) is -5.55. The summed E-state index contributed by atoms with van der Waals surface area (Å²) in [7, 11) is 4.47. The van der Waals surface area contributed by atoms with Crippen molar-refractivity contribution >= 4 is 102 Å². The Morgan fingerprint density at radius 1 is 0.988 bits per heavy atom. The molecule has 2 fully saturated rings. The molecule has 86 heavy (non-hydrogen) atoms. The Bertz CT molecular complexity index is 2830. The van der Waals surface area contributed by atoms with Gasteiger partial charge in [-0.15, -0.1) is 0 Å². The molecule has 0 spiro atoms. The second-order valence-electron chi connectivity index (χ2n) is 23.7. The van der Waals surface area contributed by atoms with Crippen molar-refractivity contribution in [3.8, 4) is 0 Å². The summed E-state index contributed by atoms with van der Waals surface area (Å²) in [6.07, 6.45) is 3.78. The molecular formula is C63H86Br2ClN5O15. The summed E-state index contributed by atoms with van der Waals surface area (Å²) in [4.78, 5) is 123. The Morgan fingerprint density at radius 3 is 2.31 bits per heavy atom. The number of ether oxygens (including phenoxy) is 5. The lowest BCUT2D eigenvalue weighted by atomic mass is 9.78. The van der Waals surface area contributed by atoms with Crippen LogP contribution in [0.15, 0.2) is 60.2 Å². The van der Waals surface area contributed by atoms with Crippen LogP contribution in [-0.2, 0) is 70.1 Å². The maximum atomic E-state index is 14.5. The number of amides is 5. The average Bonchev–Trinajstić information content (AvgIpc) is 1.61. The van der Waals surface area contributed by atoms with E-state index in [4.69, 9.17) is 41.0 Å². The van der Waals surface area contributed by atoms with Gasteiger partial charge < -0.3 is 55.0 Å². The summed E-state index contributed by atoms with van der Waals surface area (Å²) in [6.45, 7) is 12.8. The standard InChI is InChI=1S/C63H86Br2ClN5O15/c1-36(2)46(30-45(72)17-12-11-13-25-83-60(79)44(34-64)35-65)57(76)69-47(18-15-24-68-61(67)80)49(73)29-41-20-22-43(23-21-41)58(77)70(8)40(6)59(78)85-52-31-53(74)71(9)48-28-42(27-38(4)55(48)66)26-37(3)16-14-19-51(82-10)63(81)32-50(84-54(75)33-63)39(5)56-62(52,7)86-56/h14,16,19-23,27-28,36,39-40,44,46-47,50-52,56,81H,11-13,15,17-18,24-26,29-35H2,1-10H3,(H,69,76)(H3,67,68,80)/b19-14+,37-16+/t39-,40+,46+,47+,50+,51-,52+,56+,62+,63-/m1/s1. The summed E-state index contributed by atoms with van der Waals surface area (Å²) in [5.41, 5.74) is 6.01. The molecule has 23 heteroatoms. The Kier molecular flexibility index (Phi) is 27.0. The summed E-state index contributed by atoms with van der Waals surface area (Å²) >= 11 is 13.5. The molecule has 0 aliphatic carbocycles. The van der Waals surface area contributed by atoms with E-state index in [1.54, 1.807) is 45.2 Å². The van der Waals surface area contributed by atoms with Crippen molar-refractivity contribution in [2.45, 2.75) is 173 Å². The minimum absolute atomic E-state index is 0.00107. The number of allylic oxidation sites excluding steroid dienone is 3. The van der Waals surface area contributed by atoms with Crippen molar-refractivity contribution < 1.29 is 71.9 Å². The minimum atomic E-state index is -1.64. The van der Waals surface area contributed by atoms with E-state index in [2.05, 4.69) is 42.5 Å². The van der Waals surface area contributed by atoms with Crippen molar-refractivity contribution in [2.75, 3.05) is 49.9 Å². The molecule has 3 aliphatic heterocycles. The number of anilines is 1. The van der Waals surface area contributed by atoms with Crippen molar-refractivity contribution in [1.29, 1.82) is 0 Å². The molecule has 5 N–H and O–H groups in total. The van der Waals surface area contributed by atoms with Crippen LogP contribution in [0.2, 0.25) is 5.02 Å². The highest BCUT2D eigenvalue weighted by Gasteiger charge is 2.64. The van der Waals surface area contributed by atoms with Gasteiger partial charge in [-0.2, -0.15) is 0 Å². The van der Waals surface area contributed by atoms with Gasteiger partial charge >= 0.3 is 23.9 Å². The number of unbranched alkanes of at least 4 members (excludes halogenated alkanes) is 2. The zero-order chi connectivity index (χ0) is 63.8. The van der Waals surface area contributed by atoms with E-state index in [9.17, 15) is 48.3 Å². The number of benzene rings is 2. The zero-order valence-corrected chi connectivity index (χ0v) is 55.0. The lowest BCUT2D eigenvalue weighted by molar-refractivity contribution is -0.187. The third-order valence-electron chi connectivity index (χ3n) is 16.6. The number of carbonyl (C=O) groups excluding carboxylic acids is 9. The van der Waals surface area contributed by atoms with E-state index in [0.717, 1.165) is 16.7 Å². The van der Waals surface area contributed by atoms with Crippen LogP contribution in [0.3, 0.4) is 0 Å². The fourth-order valence-corrected chi connectivity index (χ4v) is 12.7. The monoisotopic (exact) mass is 1350 g/mol. The molecule has 0 unspecified atom stereocenters. The summed E-state index contributed by atoms with van der Waals surface area (Å²) < 4.78 is 29.5. The van der Waals surface area contributed by atoms with Crippen LogP contribution in [0.1, 0.15) is 133 Å². The number of esters is 3. The van der Waals surface area contributed by atoms with E-state index in [1.165, 1.54) is 43.0 Å². The Balaban J connectivity index is 1.29. The lowest BCUT2D eigenvalue weighted by Crippen LogP contribution is -2.53. The third kappa shape index (κ3) is 19.5. The zero-order valence-electron chi connectivity index (χ0n) is 51.1. The van der Waals surface area contributed by atoms with Crippen LogP contribution in [-0.4, -0.2) is 156 Å². The van der Waals surface area contributed by atoms with Gasteiger partial charge in [-0.25, -0.2) is 9.59 Å². The van der Waals surface area contributed by atoms with Crippen molar-refractivity contribution in [3.05, 3.63) is 87.5 Å². The third-order valence-corrected chi connectivity index (χ3v) is 18.7. The molecule has 474 valence electrons. The Morgan fingerprint density at radius 2 is 1.67 bits per heavy atom. The molecule has 10 atom stereocenters. The van der Waals surface area contributed by atoms with Crippen LogP contribution in [0.5, 0.6) is 0 Å². The van der Waals surface area contributed by atoms with E-state index in [-0.39, 0.29) is 93.0 Å². The average molecular weight is 1350 g/mol. The molecule has 0 saturated carbocycles. The highest BCUT2D eigenvalue weighted by molar-refractivity contribution is 9.09. The highest BCUT2D eigenvalue weighted by atomic mass is 79.9. The molecule has 0 radical (unpaired) electrons. The van der Waals surface area contributed by atoms with Gasteiger partial charge in [0.2, 0.25) is 11.8 Å². The number of ketones is 2. The molecule has 4 bridgehead atoms. The van der Waals surface area contributed by atoms with Gasteiger partial charge in [0, 0.05) is 81.5 Å². The van der Waals surface area contributed by atoms with Gasteiger partial charge in [0.15, 0.2) is 5.78 Å². The number of nitrogens with two attached hydrogens (primary N) is 1. The van der Waals surface area contributed by atoms with Crippen molar-refractivity contribution in [3.63, 3.8) is 0 Å². The van der Waals surface area contributed by atoms with Gasteiger partial charge in [-0.1, -0.05) is 106 Å². The number of urea groups is 1. The number of carbonyl (C=O) groups is 9. The molecule has 2 aromatic rings. The number of rotatable bonds is 26. The predicted octanol–water partition coefficient (Wildman–Crippen LogP) is 8.16. The molecule has 0 aromatic heterocycles. The van der Waals surface area contributed by atoms with Gasteiger partial charge in [0.05, 0.1) is 48.2 Å². The molecule has 5 rings (SSSR count). The molecule has 5 amide bonds. The number of hydrogen-bond donors (Lipinski definition) is 4. The largest absolute Gasteiger partial charge is 0.465 e. The van der Waals surface area contributed by atoms with Gasteiger partial charge in [0.25, 0.3) is 5.91 Å². The summed E-state index contributed by atoms with van der Waals surface area (Å²) in [5, 5.41) is 18.7. The van der Waals surface area contributed by atoms with Gasteiger partial charge in [-0.05, 0) is 107 Å². The number of halogens is 3. The maximum Gasteiger partial charge on any atom is 0.328 e. The van der Waals surface area contributed by atoms with Crippen LogP contribution in [0.25, 0.3) is 0 Å². The highest BCUT2D eigenvalue weighted by Crippen LogP contribution is 2.50. The smallest absolute Gasteiger partial charge is 0.328 e. The predicted molar refractivity (Wildman–Crippen MR) is 332 cm³/mol. The quantitative estimate of drug-likeness (QED) is 0.0227. The van der Waals surface area contributed by atoms with Crippen LogP contribution < -0.4 is 21.3 Å². The van der Waals surface area contributed by atoms with Crippen LogP contribution in [0.4, 0.5) is 10.5 Å². The Hall–Kier alpha value is -5.52. The first-order chi connectivity index (χ1) is 40.6. The maximum absolute atomic E-state index is 14.5. The number of nitrogens with zero attached hydrogens (tertiary/aromatic N) is 2. The second-order valence-corrected chi connectivity index (χ2v) is 25.3. The van der Waals surface area contributed by atoms with Gasteiger partial charge in [0.1, 0.15) is 41.3 Å².